The van der Waals surface area contributed by atoms with Gasteiger partial charge in [-0.1, -0.05) is 0 Å². The molecule has 0 unspecified atom stereocenters. The molecule has 0 aromatic heterocycles. The van der Waals surface area contributed by atoms with E-state index in [2.05, 4.69) is 0 Å². The maximum absolute atomic E-state index is 12.0. The summed E-state index contributed by atoms with van der Waals surface area (Å²) in [6, 6.07) is 3.67. The number of hydrogen-bond acceptors (Lipinski definition) is 4. The summed E-state index contributed by atoms with van der Waals surface area (Å²) in [5.74, 6) is 0.372. The van der Waals surface area contributed by atoms with E-state index in [1.807, 2.05) is 0 Å². The van der Waals surface area contributed by atoms with Crippen LogP contribution >= 0.6 is 0 Å². The van der Waals surface area contributed by atoms with Crippen LogP contribution in [0.5, 0.6) is 5.75 Å². The lowest BCUT2D eigenvalue weighted by Crippen LogP contribution is -2.33. The van der Waals surface area contributed by atoms with Gasteiger partial charge in [-0.2, -0.15) is 13.2 Å². The Bertz CT molecular complexity index is 543. The van der Waals surface area contributed by atoms with E-state index < -0.39 is 22.7 Å². The lowest BCUT2D eigenvalue weighted by molar-refractivity contribution is -0.121. The minimum atomic E-state index is -4.61. The van der Waals surface area contributed by atoms with Crippen LogP contribution in [0.25, 0.3) is 0 Å². The fraction of sp³-hybridized carbons (Fsp3) is 0.400. The van der Waals surface area contributed by atoms with Crippen LogP contribution in [0.3, 0.4) is 0 Å². The fourth-order valence-corrected chi connectivity index (χ4v) is 2.41. The van der Waals surface area contributed by atoms with E-state index >= 15 is 0 Å². The summed E-state index contributed by atoms with van der Waals surface area (Å²) >= 11 is 0. The zero-order valence-electron chi connectivity index (χ0n) is 9.99. The Hall–Kier alpha value is -1.32. The van der Waals surface area contributed by atoms with Crippen molar-refractivity contribution in [2.45, 2.75) is 17.6 Å². The first kappa shape index (κ1) is 15.7. The Morgan fingerprint density at radius 3 is 2.47 bits per heavy atom. The van der Waals surface area contributed by atoms with Crippen LogP contribution in [0.15, 0.2) is 23.1 Å². The first-order valence-corrected chi connectivity index (χ1v) is 6.61. The van der Waals surface area contributed by atoms with E-state index in [1.165, 1.54) is 24.0 Å². The second kappa shape index (κ2) is 5.76. The topological polar surface area (TPSA) is 81.4 Å². The highest BCUT2D eigenvalue weighted by atomic mass is 32.2. The van der Waals surface area contributed by atoms with Gasteiger partial charge in [0.25, 0.3) is 0 Å². The molecule has 0 amide bonds. The van der Waals surface area contributed by atoms with E-state index in [1.54, 1.807) is 0 Å². The Morgan fingerprint density at radius 2 is 2.00 bits per heavy atom. The largest absolute Gasteiger partial charge is 0.496 e. The molecule has 0 bridgehead atoms. The molecule has 0 spiro atoms. The van der Waals surface area contributed by atoms with Gasteiger partial charge in [0, 0.05) is 12.1 Å². The number of halogens is 3. The van der Waals surface area contributed by atoms with Gasteiger partial charge in [-0.05, 0) is 18.2 Å². The number of sulfonamides is 1. The number of ether oxygens (including phenoxy) is 1. The van der Waals surface area contributed by atoms with Crippen molar-refractivity contribution < 1.29 is 26.3 Å². The second-order valence-electron chi connectivity index (χ2n) is 3.62. The highest BCUT2D eigenvalue weighted by molar-refractivity contribution is 7.89. The monoisotopic (exact) mass is 298 g/mol. The van der Waals surface area contributed by atoms with Crippen LogP contribution in [-0.2, 0) is 16.6 Å². The predicted molar refractivity (Wildman–Crippen MR) is 62.1 cm³/mol. The maximum Gasteiger partial charge on any atom is 0.402 e. The molecule has 0 fully saturated rings. The Kier molecular flexibility index (Phi) is 4.77. The lowest BCUT2D eigenvalue weighted by Gasteiger charge is -2.12. The van der Waals surface area contributed by atoms with Crippen molar-refractivity contribution in [2.75, 3.05) is 13.7 Å². The van der Waals surface area contributed by atoms with Gasteiger partial charge in [-0.3, -0.25) is 0 Å². The van der Waals surface area contributed by atoms with Crippen LogP contribution in [0.4, 0.5) is 13.2 Å². The molecular weight excluding hydrogens is 285 g/mol. The van der Waals surface area contributed by atoms with Crippen molar-refractivity contribution in [2.24, 2.45) is 5.73 Å². The maximum atomic E-state index is 12.0. The van der Waals surface area contributed by atoms with Gasteiger partial charge in [0.05, 0.1) is 12.0 Å². The third kappa shape index (κ3) is 4.37. The van der Waals surface area contributed by atoms with Crippen LogP contribution in [0, 0.1) is 0 Å². The second-order valence-corrected chi connectivity index (χ2v) is 5.38. The van der Waals surface area contributed by atoms with Gasteiger partial charge in [-0.15, -0.1) is 0 Å². The molecule has 0 atom stereocenters. The van der Waals surface area contributed by atoms with E-state index in [0.29, 0.717) is 11.3 Å². The third-order valence-corrected chi connectivity index (χ3v) is 3.64. The van der Waals surface area contributed by atoms with Gasteiger partial charge in [0.1, 0.15) is 12.3 Å². The zero-order chi connectivity index (χ0) is 14.7. The minimum absolute atomic E-state index is 0.00576. The molecule has 9 heteroatoms. The zero-order valence-corrected chi connectivity index (χ0v) is 10.8. The molecule has 1 aromatic carbocycles. The number of nitrogens with two attached hydrogens (primary N) is 1. The van der Waals surface area contributed by atoms with Crippen molar-refractivity contribution >= 4 is 10.0 Å². The first-order chi connectivity index (χ1) is 8.69. The average molecular weight is 298 g/mol. The standard InChI is InChI=1S/C10H13F3N2O3S/c1-18-9-3-2-8(4-7(9)5-14)19(16,17)15-6-10(11,12)13/h2-4,15H,5-6,14H2,1H3. The van der Waals surface area contributed by atoms with Gasteiger partial charge in [-0.25, -0.2) is 13.1 Å². The van der Waals surface area contributed by atoms with Gasteiger partial charge in [0.2, 0.25) is 10.0 Å². The normalized spacial score (nSPS) is 12.5. The smallest absolute Gasteiger partial charge is 0.402 e. The number of methoxy groups -OCH3 is 1. The van der Waals surface area contributed by atoms with Crippen LogP contribution in [0.2, 0.25) is 0 Å². The first-order valence-electron chi connectivity index (χ1n) is 5.13. The Morgan fingerprint density at radius 1 is 1.37 bits per heavy atom. The van der Waals surface area contributed by atoms with E-state index in [9.17, 15) is 21.6 Å². The Labute approximate surface area is 108 Å². The van der Waals surface area contributed by atoms with Crippen molar-refractivity contribution in [1.29, 1.82) is 0 Å². The molecule has 0 heterocycles. The van der Waals surface area contributed by atoms with Crippen molar-refractivity contribution in [3.63, 3.8) is 0 Å². The summed E-state index contributed by atoms with van der Waals surface area (Å²) in [5.41, 5.74) is 5.79. The molecule has 3 N–H and O–H groups in total. The summed E-state index contributed by atoms with van der Waals surface area (Å²) in [6.07, 6.45) is -4.61. The van der Waals surface area contributed by atoms with Crippen molar-refractivity contribution in [3.8, 4) is 5.75 Å². The van der Waals surface area contributed by atoms with Crippen LogP contribution in [0.1, 0.15) is 5.56 Å². The summed E-state index contributed by atoms with van der Waals surface area (Å²) in [6.45, 7) is -1.62. The third-order valence-electron chi connectivity index (χ3n) is 2.24. The van der Waals surface area contributed by atoms with Crippen molar-refractivity contribution in [3.05, 3.63) is 23.8 Å². The molecule has 0 aliphatic heterocycles. The van der Waals surface area contributed by atoms with Gasteiger partial charge < -0.3 is 10.5 Å². The molecule has 0 saturated heterocycles. The molecule has 0 radical (unpaired) electrons. The summed E-state index contributed by atoms with van der Waals surface area (Å²) in [5, 5.41) is 0. The predicted octanol–water partition coefficient (Wildman–Crippen LogP) is 0.994. The number of benzene rings is 1. The molecule has 1 rings (SSSR count). The van der Waals surface area contributed by atoms with Crippen LogP contribution < -0.4 is 15.2 Å². The highest BCUT2D eigenvalue weighted by Crippen LogP contribution is 2.22. The molecule has 5 nitrogen and oxygen atoms in total. The summed E-state index contributed by atoms with van der Waals surface area (Å²) in [7, 11) is -2.85. The number of rotatable bonds is 5. The molecule has 0 aliphatic carbocycles. The van der Waals surface area contributed by atoms with E-state index in [4.69, 9.17) is 10.5 Å². The number of hydrogen-bond donors (Lipinski definition) is 2. The number of nitrogens with one attached hydrogen (secondary N) is 1. The summed E-state index contributed by atoms with van der Waals surface area (Å²) in [4.78, 5) is -0.294. The average Bonchev–Trinajstić information content (AvgIpc) is 2.35. The minimum Gasteiger partial charge on any atom is -0.496 e. The summed E-state index contributed by atoms with van der Waals surface area (Å²) < 4.78 is 65.7. The SMILES string of the molecule is COc1ccc(S(=O)(=O)NCC(F)(F)F)cc1CN. The molecule has 1 aromatic rings. The van der Waals surface area contributed by atoms with Gasteiger partial charge in [0.15, 0.2) is 0 Å². The lowest BCUT2D eigenvalue weighted by atomic mass is 10.2. The molecule has 108 valence electrons. The highest BCUT2D eigenvalue weighted by Gasteiger charge is 2.30. The Balaban J connectivity index is 3.02. The fourth-order valence-electron chi connectivity index (χ4n) is 1.34. The van der Waals surface area contributed by atoms with Crippen molar-refractivity contribution in [1.82, 2.24) is 4.72 Å². The molecule has 0 aliphatic rings. The molecule has 0 saturated carbocycles. The molecular formula is C10H13F3N2O3S. The van der Waals surface area contributed by atoms with Gasteiger partial charge >= 0.3 is 6.18 Å². The quantitative estimate of drug-likeness (QED) is 0.849. The number of alkyl halides is 3. The van der Waals surface area contributed by atoms with E-state index in [-0.39, 0.29) is 11.4 Å². The van der Waals surface area contributed by atoms with Crippen LogP contribution in [-0.4, -0.2) is 28.2 Å². The van der Waals surface area contributed by atoms with E-state index in [0.717, 1.165) is 6.07 Å². The molecule has 19 heavy (non-hydrogen) atoms.